The highest BCUT2D eigenvalue weighted by Crippen LogP contribution is 2.31. The number of hydrogen-bond acceptors (Lipinski definition) is 4. The Morgan fingerprint density at radius 2 is 2.04 bits per heavy atom. The molecule has 1 aromatic carbocycles. The van der Waals surface area contributed by atoms with Gasteiger partial charge < -0.3 is 19.7 Å². The van der Waals surface area contributed by atoms with Crippen LogP contribution in [0.3, 0.4) is 0 Å². The highest BCUT2D eigenvalue weighted by Gasteiger charge is 2.27. The summed E-state index contributed by atoms with van der Waals surface area (Å²) in [6.07, 6.45) is 3.36. The van der Waals surface area contributed by atoms with Crippen molar-refractivity contribution in [3.05, 3.63) is 51.4 Å². The van der Waals surface area contributed by atoms with Crippen molar-refractivity contribution < 1.29 is 14.6 Å². The zero-order valence-electron chi connectivity index (χ0n) is 16.0. The van der Waals surface area contributed by atoms with Gasteiger partial charge in [0.05, 0.1) is 7.11 Å². The summed E-state index contributed by atoms with van der Waals surface area (Å²) in [5.41, 5.74) is 1.50. The van der Waals surface area contributed by atoms with Crippen LogP contribution >= 0.6 is 0 Å². The molecular formula is C21H26N2O4. The average molecular weight is 370 g/mol. The summed E-state index contributed by atoms with van der Waals surface area (Å²) in [4.78, 5) is 25.9. The zero-order chi connectivity index (χ0) is 19.6. The van der Waals surface area contributed by atoms with Crippen LogP contribution in [0.4, 0.5) is 5.69 Å². The van der Waals surface area contributed by atoms with E-state index >= 15 is 0 Å². The number of pyridine rings is 1. The van der Waals surface area contributed by atoms with Gasteiger partial charge in [-0.25, -0.2) is 0 Å². The van der Waals surface area contributed by atoms with Gasteiger partial charge in [0.2, 0.25) is 0 Å². The van der Waals surface area contributed by atoms with Crippen LogP contribution in [0.1, 0.15) is 48.3 Å². The summed E-state index contributed by atoms with van der Waals surface area (Å²) in [6.45, 7) is 4.59. The number of nitrogens with one attached hydrogen (secondary N) is 1. The van der Waals surface area contributed by atoms with Crippen LogP contribution in [0, 0.1) is 5.92 Å². The van der Waals surface area contributed by atoms with Crippen LogP contribution in [0.5, 0.6) is 11.5 Å². The first kappa shape index (κ1) is 19.0. The number of ether oxygens (including phenoxy) is 1. The quantitative estimate of drug-likeness (QED) is 0.846. The second-order valence-electron chi connectivity index (χ2n) is 7.35. The van der Waals surface area contributed by atoms with Gasteiger partial charge in [0, 0.05) is 29.6 Å². The number of hydrogen-bond donors (Lipinski definition) is 2. The number of amides is 1. The highest BCUT2D eigenvalue weighted by molar-refractivity contribution is 6.06. The van der Waals surface area contributed by atoms with Crippen LogP contribution in [0.2, 0.25) is 0 Å². The molecule has 1 aliphatic rings. The fourth-order valence-corrected chi connectivity index (χ4v) is 3.61. The third kappa shape index (κ3) is 3.84. The number of rotatable bonds is 5. The van der Waals surface area contributed by atoms with Gasteiger partial charge in [0.15, 0.2) is 0 Å². The Balaban J connectivity index is 2.06. The van der Waals surface area contributed by atoms with E-state index in [0.29, 0.717) is 24.4 Å². The van der Waals surface area contributed by atoms with Crippen molar-refractivity contribution in [2.75, 3.05) is 12.4 Å². The molecule has 1 aromatic heterocycles. The number of fused-ring (bicyclic) bond motifs is 1. The van der Waals surface area contributed by atoms with Crippen LogP contribution in [0.15, 0.2) is 29.1 Å². The highest BCUT2D eigenvalue weighted by atomic mass is 16.5. The molecule has 1 amide bonds. The molecule has 0 spiro atoms. The maximum Gasteiger partial charge on any atom is 0.267 e. The molecule has 144 valence electrons. The van der Waals surface area contributed by atoms with E-state index in [9.17, 15) is 14.7 Å². The lowest BCUT2D eigenvalue weighted by Crippen LogP contribution is -2.34. The fraction of sp³-hybridized carbons (Fsp3) is 0.429. The molecule has 0 aliphatic heterocycles. The lowest BCUT2D eigenvalue weighted by atomic mass is 9.92. The minimum absolute atomic E-state index is 0.171. The van der Waals surface area contributed by atoms with Crippen molar-refractivity contribution >= 4 is 11.6 Å². The molecule has 1 aliphatic carbocycles. The third-order valence-electron chi connectivity index (χ3n) is 4.85. The summed E-state index contributed by atoms with van der Waals surface area (Å²) in [7, 11) is 1.54. The number of carbonyl (C=O) groups is 1. The predicted molar refractivity (Wildman–Crippen MR) is 105 cm³/mol. The average Bonchev–Trinajstić information content (AvgIpc) is 2.65. The van der Waals surface area contributed by atoms with Crippen LogP contribution < -0.4 is 15.6 Å². The number of benzene rings is 1. The lowest BCUT2D eigenvalue weighted by Gasteiger charge is -2.24. The van der Waals surface area contributed by atoms with Crippen LogP contribution in [-0.2, 0) is 19.4 Å². The van der Waals surface area contributed by atoms with E-state index in [0.717, 1.165) is 30.5 Å². The molecule has 2 N–H and O–H groups in total. The molecule has 0 fully saturated rings. The van der Waals surface area contributed by atoms with Crippen molar-refractivity contribution in [1.82, 2.24) is 4.57 Å². The number of aromatic nitrogens is 1. The number of nitrogens with zero attached hydrogens (tertiary/aromatic N) is 1. The minimum Gasteiger partial charge on any atom is -0.507 e. The molecule has 6 heteroatoms. The summed E-state index contributed by atoms with van der Waals surface area (Å²) in [5.74, 6) is 0.0824. The van der Waals surface area contributed by atoms with Gasteiger partial charge in [0.25, 0.3) is 11.5 Å². The summed E-state index contributed by atoms with van der Waals surface area (Å²) >= 11 is 0. The molecule has 27 heavy (non-hydrogen) atoms. The summed E-state index contributed by atoms with van der Waals surface area (Å²) in [6, 6.07) is 6.89. The minimum atomic E-state index is -0.600. The standard InChI is InChI=1S/C21H26N2O4/c1-13(2)12-23-17-10-5-4-9-16(17)19(24)18(21(23)26)20(25)22-14-7-6-8-15(11-14)27-3/h6-8,11,13,24H,4-5,9-10,12H2,1-3H3,(H,22,25). The number of anilines is 1. The van der Waals surface area contributed by atoms with Crippen molar-refractivity contribution in [2.24, 2.45) is 5.92 Å². The molecule has 3 rings (SSSR count). The molecular weight excluding hydrogens is 344 g/mol. The monoisotopic (exact) mass is 370 g/mol. The second kappa shape index (κ2) is 7.86. The van der Waals surface area contributed by atoms with Gasteiger partial charge in [-0.2, -0.15) is 0 Å². The molecule has 0 atom stereocenters. The van der Waals surface area contributed by atoms with E-state index in [2.05, 4.69) is 5.32 Å². The Morgan fingerprint density at radius 3 is 2.74 bits per heavy atom. The molecule has 0 unspecified atom stereocenters. The Bertz CT molecular complexity index is 915. The van der Waals surface area contributed by atoms with Gasteiger partial charge in [-0.15, -0.1) is 0 Å². The molecule has 2 aromatic rings. The van der Waals surface area contributed by atoms with Gasteiger partial charge in [0.1, 0.15) is 17.1 Å². The first-order valence-electron chi connectivity index (χ1n) is 9.35. The van der Waals surface area contributed by atoms with E-state index in [1.54, 1.807) is 35.9 Å². The largest absolute Gasteiger partial charge is 0.507 e. The van der Waals surface area contributed by atoms with E-state index in [1.165, 1.54) is 0 Å². The molecule has 0 saturated carbocycles. The number of aromatic hydroxyl groups is 1. The van der Waals surface area contributed by atoms with Gasteiger partial charge >= 0.3 is 0 Å². The zero-order valence-corrected chi connectivity index (χ0v) is 16.0. The second-order valence-corrected chi connectivity index (χ2v) is 7.35. The SMILES string of the molecule is COc1cccc(NC(=O)c2c(O)c3c(n(CC(C)C)c2=O)CCCC3)c1. The maximum absolute atomic E-state index is 13.1. The molecule has 6 nitrogen and oxygen atoms in total. The third-order valence-corrected chi connectivity index (χ3v) is 4.85. The molecule has 0 bridgehead atoms. The Hall–Kier alpha value is -2.76. The lowest BCUT2D eigenvalue weighted by molar-refractivity contribution is 0.102. The first-order chi connectivity index (χ1) is 12.9. The van der Waals surface area contributed by atoms with Crippen LogP contribution in [0.25, 0.3) is 0 Å². The summed E-state index contributed by atoms with van der Waals surface area (Å²) < 4.78 is 6.84. The maximum atomic E-state index is 13.1. The normalized spacial score (nSPS) is 13.3. The molecule has 0 saturated heterocycles. The van der Waals surface area contributed by atoms with Gasteiger partial charge in [-0.3, -0.25) is 9.59 Å². The van der Waals surface area contributed by atoms with E-state index in [4.69, 9.17) is 4.74 Å². The van der Waals surface area contributed by atoms with E-state index in [1.807, 2.05) is 13.8 Å². The number of methoxy groups -OCH3 is 1. The van der Waals surface area contributed by atoms with E-state index in [-0.39, 0.29) is 17.2 Å². The topological polar surface area (TPSA) is 80.6 Å². The van der Waals surface area contributed by atoms with Crippen LogP contribution in [-0.4, -0.2) is 22.7 Å². The summed E-state index contributed by atoms with van der Waals surface area (Å²) in [5, 5.41) is 13.4. The van der Waals surface area contributed by atoms with E-state index < -0.39 is 11.5 Å². The van der Waals surface area contributed by atoms with Crippen molar-refractivity contribution in [3.8, 4) is 11.5 Å². The first-order valence-corrected chi connectivity index (χ1v) is 9.35. The fourth-order valence-electron chi connectivity index (χ4n) is 3.61. The Morgan fingerprint density at radius 1 is 1.30 bits per heavy atom. The number of carbonyl (C=O) groups excluding carboxylic acids is 1. The van der Waals surface area contributed by atoms with Gasteiger partial charge in [-0.1, -0.05) is 19.9 Å². The Labute approximate surface area is 158 Å². The Kier molecular flexibility index (Phi) is 5.54. The van der Waals surface area contributed by atoms with Crippen molar-refractivity contribution in [1.29, 1.82) is 0 Å². The molecule has 0 radical (unpaired) electrons. The van der Waals surface area contributed by atoms with Gasteiger partial charge in [-0.05, 0) is 43.7 Å². The smallest absolute Gasteiger partial charge is 0.267 e. The molecule has 1 heterocycles. The van der Waals surface area contributed by atoms with Crippen molar-refractivity contribution in [2.45, 2.75) is 46.1 Å². The predicted octanol–water partition coefficient (Wildman–Crippen LogP) is 3.35. The van der Waals surface area contributed by atoms with Crippen molar-refractivity contribution in [3.63, 3.8) is 0 Å².